The van der Waals surface area contributed by atoms with Gasteiger partial charge in [-0.2, -0.15) is 9.78 Å². The van der Waals surface area contributed by atoms with E-state index in [1.807, 2.05) is 19.1 Å². The van der Waals surface area contributed by atoms with E-state index in [0.717, 1.165) is 11.1 Å². The lowest BCUT2D eigenvalue weighted by Crippen LogP contribution is -2.06. The maximum absolute atomic E-state index is 13.6. The first-order chi connectivity index (χ1) is 15.4. The van der Waals surface area contributed by atoms with Gasteiger partial charge in [0.05, 0.1) is 22.1 Å². The van der Waals surface area contributed by atoms with E-state index >= 15 is 0 Å². The van der Waals surface area contributed by atoms with Crippen LogP contribution in [0, 0.1) is 6.92 Å². The summed E-state index contributed by atoms with van der Waals surface area (Å²) in [5, 5.41) is 4.42. The molecule has 5 rings (SSSR count). The van der Waals surface area contributed by atoms with Crippen LogP contribution < -0.4 is 5.73 Å². The highest BCUT2D eigenvalue weighted by molar-refractivity contribution is 7.92. The van der Waals surface area contributed by atoms with Crippen LogP contribution >= 0.6 is 0 Å². The molecule has 2 aromatic carbocycles. The second-order valence-corrected chi connectivity index (χ2v) is 9.14. The van der Waals surface area contributed by atoms with E-state index in [4.69, 9.17) is 5.73 Å². The third-order valence-electron chi connectivity index (χ3n) is 5.06. The Balaban J connectivity index is 1.81. The lowest BCUT2D eigenvalue weighted by Gasteiger charge is -2.05. The molecule has 0 amide bonds. The molecule has 0 spiro atoms. The molecule has 32 heavy (non-hydrogen) atoms. The van der Waals surface area contributed by atoms with Crippen molar-refractivity contribution in [3.8, 4) is 0 Å². The van der Waals surface area contributed by atoms with Crippen LogP contribution in [0.1, 0.15) is 11.1 Å². The van der Waals surface area contributed by atoms with Crippen LogP contribution in [0.3, 0.4) is 0 Å². The molecular weight excluding hydrogens is 424 g/mol. The third-order valence-corrected chi connectivity index (χ3v) is 6.89. The van der Waals surface area contributed by atoms with Gasteiger partial charge >= 0.3 is 0 Å². The number of anilines is 1. The number of sulfone groups is 1. The van der Waals surface area contributed by atoms with Gasteiger partial charge in [-0.3, -0.25) is 4.98 Å². The zero-order valence-electron chi connectivity index (χ0n) is 17.0. The highest BCUT2D eigenvalue weighted by Gasteiger charge is 2.30. The summed E-state index contributed by atoms with van der Waals surface area (Å²) in [7, 11) is -3.98. The summed E-state index contributed by atoms with van der Waals surface area (Å²) >= 11 is 0. The minimum atomic E-state index is -3.98. The Morgan fingerprint density at radius 1 is 0.938 bits per heavy atom. The second-order valence-electron chi connectivity index (χ2n) is 7.25. The fraction of sp³-hybridized carbons (Fsp3) is 0.0435. The summed E-state index contributed by atoms with van der Waals surface area (Å²) in [5.74, 6) is -0.0545. The standard InChI is InChI=1S/C23H18N6O2S/c1-15-6-8-17(9-7-15)32(30,31)21-20-23(28-19-5-3-2-4-18(19)27-20)29(22(21)24)26-14-16-10-12-25-13-11-16/h2-14H,24H2,1H3/b26-14-. The van der Waals surface area contributed by atoms with Crippen molar-refractivity contribution < 1.29 is 8.42 Å². The van der Waals surface area contributed by atoms with Gasteiger partial charge in [-0.15, -0.1) is 0 Å². The van der Waals surface area contributed by atoms with E-state index < -0.39 is 9.84 Å². The zero-order valence-corrected chi connectivity index (χ0v) is 17.9. The first kappa shape index (κ1) is 19.8. The number of pyridine rings is 1. The molecule has 0 unspecified atom stereocenters. The highest BCUT2D eigenvalue weighted by Crippen LogP contribution is 2.35. The second kappa shape index (κ2) is 7.54. The molecule has 3 aromatic heterocycles. The largest absolute Gasteiger partial charge is 0.382 e. The summed E-state index contributed by atoms with van der Waals surface area (Å²) in [6, 6.07) is 17.4. The summed E-state index contributed by atoms with van der Waals surface area (Å²) in [6.07, 6.45) is 4.84. The summed E-state index contributed by atoms with van der Waals surface area (Å²) in [5.41, 5.74) is 9.71. The van der Waals surface area contributed by atoms with Crippen molar-refractivity contribution in [2.75, 3.05) is 5.73 Å². The molecule has 0 saturated heterocycles. The molecule has 2 N–H and O–H groups in total. The molecule has 8 nitrogen and oxygen atoms in total. The van der Waals surface area contributed by atoms with Gasteiger partial charge in [0.25, 0.3) is 0 Å². The van der Waals surface area contributed by atoms with Crippen molar-refractivity contribution in [1.82, 2.24) is 19.6 Å². The predicted molar refractivity (Wildman–Crippen MR) is 123 cm³/mol. The number of benzene rings is 2. The van der Waals surface area contributed by atoms with Crippen LogP contribution in [-0.4, -0.2) is 34.3 Å². The minimum Gasteiger partial charge on any atom is -0.382 e. The quantitative estimate of drug-likeness (QED) is 0.425. The monoisotopic (exact) mass is 442 g/mol. The number of nitrogen functional groups attached to an aromatic ring is 1. The number of hydrogen-bond donors (Lipinski definition) is 1. The van der Waals surface area contributed by atoms with Crippen LogP contribution in [0.4, 0.5) is 5.82 Å². The van der Waals surface area contributed by atoms with Crippen molar-refractivity contribution in [2.24, 2.45) is 5.10 Å². The molecule has 0 aliphatic heterocycles. The lowest BCUT2D eigenvalue weighted by atomic mass is 10.2. The van der Waals surface area contributed by atoms with Crippen molar-refractivity contribution in [2.45, 2.75) is 16.7 Å². The average molecular weight is 443 g/mol. The van der Waals surface area contributed by atoms with E-state index in [1.165, 1.54) is 4.68 Å². The number of hydrogen-bond acceptors (Lipinski definition) is 7. The van der Waals surface area contributed by atoms with Gasteiger partial charge in [-0.25, -0.2) is 18.4 Å². The van der Waals surface area contributed by atoms with Crippen LogP contribution in [0.5, 0.6) is 0 Å². The molecule has 158 valence electrons. The van der Waals surface area contributed by atoms with Crippen LogP contribution in [0.25, 0.3) is 22.2 Å². The number of para-hydroxylation sites is 2. The average Bonchev–Trinajstić information content (AvgIpc) is 3.07. The van der Waals surface area contributed by atoms with E-state index in [9.17, 15) is 8.42 Å². The normalized spacial score (nSPS) is 12.2. The Labute approximate surface area is 184 Å². The molecule has 0 aliphatic carbocycles. The number of aromatic nitrogens is 4. The summed E-state index contributed by atoms with van der Waals surface area (Å²) < 4.78 is 28.5. The molecule has 0 saturated carbocycles. The molecule has 9 heteroatoms. The number of nitrogens with two attached hydrogens (primary N) is 1. The van der Waals surface area contributed by atoms with Crippen molar-refractivity contribution in [3.05, 3.63) is 84.2 Å². The van der Waals surface area contributed by atoms with Crippen molar-refractivity contribution in [1.29, 1.82) is 0 Å². The Morgan fingerprint density at radius 2 is 1.59 bits per heavy atom. The Bertz CT molecular complexity index is 1590. The van der Waals surface area contributed by atoms with Gasteiger partial charge < -0.3 is 5.73 Å². The van der Waals surface area contributed by atoms with Crippen LogP contribution in [0.2, 0.25) is 0 Å². The number of nitrogens with zero attached hydrogens (tertiary/aromatic N) is 5. The summed E-state index contributed by atoms with van der Waals surface area (Å²) in [4.78, 5) is 13.2. The van der Waals surface area contributed by atoms with Crippen LogP contribution in [0.15, 0.2) is 87.9 Å². The fourth-order valence-corrected chi connectivity index (χ4v) is 4.90. The number of aryl methyl sites for hydroxylation is 1. The van der Waals surface area contributed by atoms with Gasteiger partial charge in [0.2, 0.25) is 9.84 Å². The smallest absolute Gasteiger partial charge is 0.212 e. The Morgan fingerprint density at radius 3 is 2.28 bits per heavy atom. The topological polar surface area (TPSA) is 116 Å². The Kier molecular flexibility index (Phi) is 4.67. The number of rotatable bonds is 4. The van der Waals surface area contributed by atoms with Gasteiger partial charge in [0.1, 0.15) is 16.2 Å². The summed E-state index contributed by atoms with van der Waals surface area (Å²) in [6.45, 7) is 1.89. The first-order valence-corrected chi connectivity index (χ1v) is 11.3. The molecule has 0 atom stereocenters. The predicted octanol–water partition coefficient (Wildman–Crippen LogP) is 3.59. The lowest BCUT2D eigenvalue weighted by molar-refractivity contribution is 0.597. The molecule has 5 aromatic rings. The molecule has 3 heterocycles. The van der Waals surface area contributed by atoms with E-state index in [-0.39, 0.29) is 26.8 Å². The third kappa shape index (κ3) is 3.28. The fourth-order valence-electron chi connectivity index (χ4n) is 3.41. The maximum atomic E-state index is 13.6. The maximum Gasteiger partial charge on any atom is 0.212 e. The van der Waals surface area contributed by atoms with E-state index in [1.54, 1.807) is 67.1 Å². The van der Waals surface area contributed by atoms with Crippen LogP contribution in [-0.2, 0) is 9.84 Å². The first-order valence-electron chi connectivity index (χ1n) is 9.78. The molecule has 0 radical (unpaired) electrons. The van der Waals surface area contributed by atoms with Gasteiger partial charge in [-0.05, 0) is 48.9 Å². The minimum absolute atomic E-state index is 0.0545. The molecule has 0 fully saturated rings. The molecule has 0 aliphatic rings. The van der Waals surface area contributed by atoms with Crippen molar-refractivity contribution >= 4 is 44.1 Å². The van der Waals surface area contributed by atoms with Gasteiger partial charge in [-0.1, -0.05) is 29.8 Å². The van der Waals surface area contributed by atoms with Gasteiger partial charge in [0.15, 0.2) is 5.65 Å². The Hall–Kier alpha value is -4.11. The molecule has 0 bridgehead atoms. The van der Waals surface area contributed by atoms with E-state index in [2.05, 4.69) is 20.1 Å². The van der Waals surface area contributed by atoms with Crippen molar-refractivity contribution in [3.63, 3.8) is 0 Å². The SMILES string of the molecule is Cc1ccc(S(=O)(=O)c2c(N)n(/N=C\c3ccncc3)c3nc4ccccc4nc23)cc1. The highest BCUT2D eigenvalue weighted by atomic mass is 32.2. The molecular formula is C23H18N6O2S. The van der Waals surface area contributed by atoms with E-state index in [0.29, 0.717) is 11.0 Å². The zero-order chi connectivity index (χ0) is 22.3. The number of fused-ring (bicyclic) bond motifs is 2. The van der Waals surface area contributed by atoms with Gasteiger partial charge in [0, 0.05) is 12.4 Å².